The molecule has 0 aliphatic carbocycles. The summed E-state index contributed by atoms with van der Waals surface area (Å²) in [5.41, 5.74) is 1.39. The topological polar surface area (TPSA) is 280 Å². The first-order valence-corrected chi connectivity index (χ1v) is 25.9. The summed E-state index contributed by atoms with van der Waals surface area (Å²) in [6.07, 6.45) is 13.1. The maximum Gasteiger partial charge on any atom is 0.453 e. The summed E-state index contributed by atoms with van der Waals surface area (Å²) in [5, 5.41) is 17.8. The normalized spacial score (nSPS) is 14.8. The monoisotopic (exact) mass is 1060 g/mol. The van der Waals surface area contributed by atoms with Crippen LogP contribution in [0, 0.1) is 17.8 Å². The molecule has 6 amide bonds. The zero-order chi connectivity index (χ0) is 55.6. The summed E-state index contributed by atoms with van der Waals surface area (Å²) >= 11 is 0. The van der Waals surface area contributed by atoms with Gasteiger partial charge in [-0.2, -0.15) is 0 Å². The van der Waals surface area contributed by atoms with Crippen molar-refractivity contribution in [1.82, 2.24) is 61.8 Å². The second kappa shape index (κ2) is 28.3. The molecule has 2 unspecified atom stereocenters. The Hall–Kier alpha value is -8.21. The minimum atomic E-state index is -1.33. The number of nitrogens with zero attached hydrogens (tertiary/aromatic N) is 6. The molecule has 1 saturated heterocycles. The van der Waals surface area contributed by atoms with Crippen molar-refractivity contribution in [3.8, 4) is 0 Å². The zero-order valence-corrected chi connectivity index (χ0v) is 44.3. The fourth-order valence-electron chi connectivity index (χ4n) is 8.80. The molecule has 21 nitrogen and oxygen atoms in total. The van der Waals surface area contributed by atoms with Gasteiger partial charge in [0.2, 0.25) is 17.7 Å². The molecule has 0 spiro atoms. The van der Waals surface area contributed by atoms with E-state index in [1.165, 1.54) is 55.8 Å². The Morgan fingerprint density at radius 2 is 0.641 bits per heavy atom. The van der Waals surface area contributed by atoms with Crippen LogP contribution in [0.4, 0.5) is 0 Å². The predicted octanol–water partition coefficient (Wildman–Crippen LogP) is 4.61. The van der Waals surface area contributed by atoms with Crippen molar-refractivity contribution in [3.05, 3.63) is 181 Å². The highest BCUT2D eigenvalue weighted by molar-refractivity contribution is 6.75. The van der Waals surface area contributed by atoms with E-state index < -0.39 is 92.7 Å². The van der Waals surface area contributed by atoms with E-state index in [0.717, 1.165) is 0 Å². The molecule has 78 heavy (non-hydrogen) atoms. The molecule has 0 bridgehead atoms. The highest BCUT2D eigenvalue weighted by Gasteiger charge is 2.52. The van der Waals surface area contributed by atoms with Gasteiger partial charge in [-0.3, -0.25) is 43.7 Å². The second-order valence-electron chi connectivity index (χ2n) is 20.0. The summed E-state index contributed by atoms with van der Waals surface area (Å²) in [6, 6.07) is 22.4. The van der Waals surface area contributed by atoms with Crippen LogP contribution in [0.3, 0.4) is 0 Å². The van der Waals surface area contributed by atoms with E-state index in [4.69, 9.17) is 13.7 Å². The number of rotatable bonds is 24. The number of carbonyl (C=O) groups is 6. The van der Waals surface area contributed by atoms with Crippen molar-refractivity contribution in [2.24, 2.45) is 17.8 Å². The van der Waals surface area contributed by atoms with Crippen molar-refractivity contribution < 1.29 is 42.5 Å². The molecule has 0 saturated carbocycles. The zero-order valence-electron chi connectivity index (χ0n) is 44.3. The Morgan fingerprint density at radius 1 is 0.385 bits per heavy atom. The highest BCUT2D eigenvalue weighted by Crippen LogP contribution is 2.26. The van der Waals surface area contributed by atoms with Gasteiger partial charge >= 0.3 is 21.4 Å². The third-order valence-corrected chi connectivity index (χ3v) is 12.3. The van der Waals surface area contributed by atoms with E-state index in [-0.39, 0.29) is 54.1 Å². The molecular weight excluding hydrogens is 993 g/mol. The molecule has 1 aliphatic rings. The van der Waals surface area contributed by atoms with Crippen LogP contribution in [0.5, 0.6) is 0 Å². The van der Waals surface area contributed by atoms with Gasteiger partial charge in [0.05, 0.1) is 36.4 Å². The molecule has 402 valence electrons. The van der Waals surface area contributed by atoms with Gasteiger partial charge in [-0.25, -0.2) is 15.0 Å². The molecule has 6 N–H and O–H groups in total. The lowest BCUT2D eigenvalue weighted by Gasteiger charge is -2.41. The van der Waals surface area contributed by atoms with Gasteiger partial charge in [0.15, 0.2) is 0 Å². The first kappa shape index (κ1) is 57.5. The van der Waals surface area contributed by atoms with Crippen molar-refractivity contribution in [3.63, 3.8) is 0 Å². The number of carbonyl (C=O) groups excluding carboxylic acids is 6. The average Bonchev–Trinajstić information content (AvgIpc) is 3.47. The number of aromatic nitrogens is 6. The Kier molecular flexibility index (Phi) is 20.8. The SMILES string of the molecule is CC(C)CC(NC(=O)C(NC(=O)c1cnccn1)c1ccccc1)B1OB([C@H](CC(C)C)NC(=O)[C@@H](NC(=O)c2cnccn2)c2ccccc2)OB([C@H](CC(C)C)NC(=O)[C@@H](NC(=O)c2cnccn2)c2ccccc2)O1. The van der Waals surface area contributed by atoms with E-state index in [1.54, 1.807) is 91.0 Å². The van der Waals surface area contributed by atoms with E-state index in [9.17, 15) is 28.8 Å². The van der Waals surface area contributed by atoms with E-state index in [0.29, 0.717) is 16.7 Å². The Morgan fingerprint density at radius 3 is 0.859 bits per heavy atom. The fourth-order valence-corrected chi connectivity index (χ4v) is 8.80. The average molecular weight is 1060 g/mol. The van der Waals surface area contributed by atoms with Gasteiger partial charge in [0.25, 0.3) is 17.7 Å². The van der Waals surface area contributed by atoms with E-state index in [1.807, 2.05) is 41.5 Å². The predicted molar refractivity (Wildman–Crippen MR) is 291 cm³/mol. The quantitative estimate of drug-likeness (QED) is 0.0452. The van der Waals surface area contributed by atoms with Crippen LogP contribution >= 0.6 is 0 Å². The molecule has 3 aromatic carbocycles. The molecular formula is C54H63B3N12O9. The lowest BCUT2D eigenvalue weighted by atomic mass is 9.58. The van der Waals surface area contributed by atoms with Gasteiger partial charge in [-0.1, -0.05) is 133 Å². The Bertz CT molecular complexity index is 2580. The highest BCUT2D eigenvalue weighted by atomic mass is 16.7. The van der Waals surface area contributed by atoms with Crippen LogP contribution in [0.25, 0.3) is 0 Å². The van der Waals surface area contributed by atoms with Crippen LogP contribution < -0.4 is 31.9 Å². The van der Waals surface area contributed by atoms with E-state index >= 15 is 0 Å². The smallest absolute Gasteiger partial charge is 0.450 e. The Balaban J connectivity index is 1.27. The van der Waals surface area contributed by atoms with Gasteiger partial charge < -0.3 is 45.6 Å². The van der Waals surface area contributed by atoms with Crippen LogP contribution in [0.2, 0.25) is 0 Å². The van der Waals surface area contributed by atoms with Crippen molar-refractivity contribution in [2.75, 3.05) is 0 Å². The first-order chi connectivity index (χ1) is 37.6. The summed E-state index contributed by atoms with van der Waals surface area (Å²) in [4.78, 5) is 110. The standard InChI is InChI=1S/C54H63B3N12O9/c1-34(2)28-43(64-52(73)46(37-16-10-7-11-17-37)67-49(70)40-31-58-22-25-61-40)55-76-56(44(29-35(3)4)65-53(74)47(38-18-12-8-13-19-38)68-50(71)41-32-59-23-26-62-41)78-57(77-55)45(30-36(5)6)66-54(75)48(39-20-14-9-15-21-39)69-51(72)42-33-60-24-27-63-42/h7-27,31-36,43-48H,28-30H2,1-6H3,(H,64,73)(H,65,74)(H,66,75)(H,67,70)(H,68,71)(H,69,72)/t43-,44-,45?,46-,47-,48?/m0/s1. The summed E-state index contributed by atoms with van der Waals surface area (Å²) in [5.74, 6) is -6.88. The molecule has 6 aromatic rings. The lowest BCUT2D eigenvalue weighted by Crippen LogP contribution is -2.68. The molecule has 3 aromatic heterocycles. The minimum absolute atomic E-state index is 0.00570. The van der Waals surface area contributed by atoms with Gasteiger partial charge in [-0.05, 0) is 53.7 Å². The van der Waals surface area contributed by atoms with Crippen molar-refractivity contribution >= 4 is 56.8 Å². The third-order valence-electron chi connectivity index (χ3n) is 12.3. The van der Waals surface area contributed by atoms with E-state index in [2.05, 4.69) is 61.8 Å². The maximum atomic E-state index is 14.9. The number of amides is 6. The third kappa shape index (κ3) is 16.4. The van der Waals surface area contributed by atoms with Crippen LogP contribution in [-0.2, 0) is 28.1 Å². The molecule has 0 radical (unpaired) electrons. The molecule has 7 rings (SSSR count). The Labute approximate surface area is 454 Å². The summed E-state index contributed by atoms with van der Waals surface area (Å²) in [7, 11) is -3.98. The number of benzene rings is 3. The number of hydrogen-bond acceptors (Lipinski definition) is 15. The molecule has 24 heteroatoms. The van der Waals surface area contributed by atoms with Gasteiger partial charge in [0.1, 0.15) is 35.2 Å². The molecule has 1 fully saturated rings. The van der Waals surface area contributed by atoms with Crippen LogP contribution in [-0.4, -0.2) is 105 Å². The molecule has 4 heterocycles. The molecule has 6 atom stereocenters. The van der Waals surface area contributed by atoms with Crippen LogP contribution in [0.1, 0.15) is 127 Å². The maximum absolute atomic E-state index is 14.9. The minimum Gasteiger partial charge on any atom is -0.450 e. The first-order valence-electron chi connectivity index (χ1n) is 25.9. The summed E-state index contributed by atoms with van der Waals surface area (Å²) < 4.78 is 20.5. The fraction of sp³-hybridized carbons (Fsp3) is 0.333. The van der Waals surface area contributed by atoms with Gasteiger partial charge in [-0.15, -0.1) is 0 Å². The second-order valence-corrected chi connectivity index (χ2v) is 20.0. The van der Waals surface area contributed by atoms with Crippen molar-refractivity contribution in [1.29, 1.82) is 0 Å². The van der Waals surface area contributed by atoms with Crippen molar-refractivity contribution in [2.45, 2.75) is 96.8 Å². The number of nitrogens with one attached hydrogen (secondary N) is 6. The van der Waals surface area contributed by atoms with Gasteiger partial charge in [0, 0.05) is 37.2 Å². The largest absolute Gasteiger partial charge is 0.453 e. The van der Waals surface area contributed by atoms with Crippen LogP contribution in [0.15, 0.2) is 147 Å². The molecule has 1 aliphatic heterocycles. The lowest BCUT2D eigenvalue weighted by molar-refractivity contribution is -0.124. The summed E-state index contributed by atoms with van der Waals surface area (Å²) in [6.45, 7) is 11.7. The number of hydrogen-bond donors (Lipinski definition) is 6.